The van der Waals surface area contributed by atoms with Gasteiger partial charge >= 0.3 is 0 Å². The summed E-state index contributed by atoms with van der Waals surface area (Å²) in [4.78, 5) is 0. The lowest BCUT2D eigenvalue weighted by molar-refractivity contribution is 0.102. The molecule has 0 bridgehead atoms. The molecule has 0 aliphatic heterocycles. The largest absolute Gasteiger partial charge is 0.494 e. The van der Waals surface area contributed by atoms with Crippen LogP contribution in [0.4, 0.5) is 0 Å². The number of hydrogen-bond acceptors (Lipinski definition) is 2. The van der Waals surface area contributed by atoms with Crippen molar-refractivity contribution in [1.29, 1.82) is 0 Å². The van der Waals surface area contributed by atoms with Crippen molar-refractivity contribution < 1.29 is 9.84 Å². The van der Waals surface area contributed by atoms with Crippen molar-refractivity contribution in [3.63, 3.8) is 0 Å². The standard InChI is InChI=1S/C16H17ClO2/c1-3-19-13-8-6-7-12(11-13)16(2,18)14-9-4-5-10-15(14)17/h4-11,18H,3H2,1-2H3. The zero-order valence-corrected chi connectivity index (χ0v) is 11.8. The topological polar surface area (TPSA) is 29.5 Å². The fourth-order valence-electron chi connectivity index (χ4n) is 2.07. The molecule has 2 aromatic rings. The molecule has 0 aromatic heterocycles. The molecule has 2 nitrogen and oxygen atoms in total. The monoisotopic (exact) mass is 276 g/mol. The molecule has 1 atom stereocenters. The van der Waals surface area contributed by atoms with Crippen molar-refractivity contribution in [2.45, 2.75) is 19.4 Å². The fraction of sp³-hybridized carbons (Fsp3) is 0.250. The fourth-order valence-corrected chi connectivity index (χ4v) is 2.39. The molecule has 0 amide bonds. The lowest BCUT2D eigenvalue weighted by atomic mass is 9.88. The predicted molar refractivity (Wildman–Crippen MR) is 77.7 cm³/mol. The van der Waals surface area contributed by atoms with E-state index in [-0.39, 0.29) is 0 Å². The van der Waals surface area contributed by atoms with Crippen LogP contribution in [0.25, 0.3) is 0 Å². The molecule has 3 heteroatoms. The van der Waals surface area contributed by atoms with Gasteiger partial charge in [0.1, 0.15) is 11.4 Å². The van der Waals surface area contributed by atoms with Gasteiger partial charge in [-0.1, -0.05) is 41.9 Å². The van der Waals surface area contributed by atoms with Gasteiger partial charge in [0, 0.05) is 10.6 Å². The number of halogens is 1. The van der Waals surface area contributed by atoms with E-state index in [1.807, 2.05) is 49.4 Å². The summed E-state index contributed by atoms with van der Waals surface area (Å²) in [5.41, 5.74) is 0.294. The Hall–Kier alpha value is -1.51. The van der Waals surface area contributed by atoms with Gasteiger partial charge in [0.2, 0.25) is 0 Å². The van der Waals surface area contributed by atoms with Crippen LogP contribution < -0.4 is 4.74 Å². The van der Waals surface area contributed by atoms with Gasteiger partial charge < -0.3 is 9.84 Å². The highest BCUT2D eigenvalue weighted by atomic mass is 35.5. The maximum atomic E-state index is 10.8. The summed E-state index contributed by atoms with van der Waals surface area (Å²) in [7, 11) is 0. The third-order valence-corrected chi connectivity index (χ3v) is 3.44. The zero-order chi connectivity index (χ0) is 13.9. The number of rotatable bonds is 4. The second kappa shape index (κ2) is 5.64. The Labute approximate surface area is 118 Å². The Morgan fingerprint density at radius 3 is 2.58 bits per heavy atom. The van der Waals surface area contributed by atoms with Crippen molar-refractivity contribution in [2.75, 3.05) is 6.61 Å². The molecule has 0 saturated carbocycles. The van der Waals surface area contributed by atoms with Crippen molar-refractivity contribution in [3.8, 4) is 5.75 Å². The quantitative estimate of drug-likeness (QED) is 0.915. The molecular formula is C16H17ClO2. The molecule has 1 unspecified atom stereocenters. The van der Waals surface area contributed by atoms with Gasteiger partial charge in [0.15, 0.2) is 0 Å². The summed E-state index contributed by atoms with van der Waals surface area (Å²) in [6.07, 6.45) is 0. The van der Waals surface area contributed by atoms with Gasteiger partial charge in [-0.15, -0.1) is 0 Å². The van der Waals surface area contributed by atoms with Crippen LogP contribution in [0, 0.1) is 0 Å². The Morgan fingerprint density at radius 1 is 1.16 bits per heavy atom. The Bertz CT molecular complexity index is 564. The molecular weight excluding hydrogens is 260 g/mol. The van der Waals surface area contributed by atoms with Crippen LogP contribution >= 0.6 is 11.6 Å². The molecule has 2 rings (SSSR count). The van der Waals surface area contributed by atoms with Crippen LogP contribution in [0.1, 0.15) is 25.0 Å². The molecule has 0 aliphatic rings. The van der Waals surface area contributed by atoms with E-state index in [0.29, 0.717) is 17.2 Å². The van der Waals surface area contributed by atoms with Crippen LogP contribution in [0.2, 0.25) is 5.02 Å². The maximum Gasteiger partial charge on any atom is 0.119 e. The van der Waals surface area contributed by atoms with E-state index in [9.17, 15) is 5.11 Å². The summed E-state index contributed by atoms with van der Waals surface area (Å²) in [5, 5.41) is 11.3. The van der Waals surface area contributed by atoms with E-state index < -0.39 is 5.60 Å². The van der Waals surface area contributed by atoms with E-state index in [2.05, 4.69) is 0 Å². The average molecular weight is 277 g/mol. The normalized spacial score (nSPS) is 13.9. The van der Waals surface area contributed by atoms with Crippen molar-refractivity contribution >= 4 is 11.6 Å². The van der Waals surface area contributed by atoms with Crippen molar-refractivity contribution in [1.82, 2.24) is 0 Å². The summed E-state index contributed by atoms with van der Waals surface area (Å²) in [6.45, 7) is 4.26. The minimum absolute atomic E-state index is 0.550. The van der Waals surface area contributed by atoms with Crippen LogP contribution in [0.5, 0.6) is 5.75 Å². The van der Waals surface area contributed by atoms with Gasteiger partial charge in [-0.05, 0) is 37.6 Å². The maximum absolute atomic E-state index is 10.8. The minimum Gasteiger partial charge on any atom is -0.494 e. The SMILES string of the molecule is CCOc1cccc(C(C)(O)c2ccccc2Cl)c1. The first-order chi connectivity index (χ1) is 9.05. The highest BCUT2D eigenvalue weighted by Gasteiger charge is 2.28. The molecule has 0 aliphatic carbocycles. The van der Waals surface area contributed by atoms with E-state index >= 15 is 0 Å². The third-order valence-electron chi connectivity index (χ3n) is 3.11. The van der Waals surface area contributed by atoms with E-state index in [1.54, 1.807) is 13.0 Å². The highest BCUT2D eigenvalue weighted by molar-refractivity contribution is 6.31. The van der Waals surface area contributed by atoms with Crippen LogP contribution in [0.15, 0.2) is 48.5 Å². The van der Waals surface area contributed by atoms with E-state index in [0.717, 1.165) is 11.3 Å². The molecule has 100 valence electrons. The first kappa shape index (κ1) is 13.9. The lowest BCUT2D eigenvalue weighted by Crippen LogP contribution is -2.23. The first-order valence-corrected chi connectivity index (χ1v) is 6.64. The molecule has 2 aromatic carbocycles. The summed E-state index contributed by atoms with van der Waals surface area (Å²) < 4.78 is 5.46. The Kier molecular flexibility index (Phi) is 4.13. The van der Waals surface area contributed by atoms with Crippen molar-refractivity contribution in [3.05, 3.63) is 64.7 Å². The van der Waals surface area contributed by atoms with Crippen LogP contribution in [-0.2, 0) is 5.60 Å². The number of aliphatic hydroxyl groups is 1. The lowest BCUT2D eigenvalue weighted by Gasteiger charge is -2.26. The molecule has 0 saturated heterocycles. The van der Waals surface area contributed by atoms with Gasteiger partial charge in [0.05, 0.1) is 6.61 Å². The van der Waals surface area contributed by atoms with Gasteiger partial charge in [-0.2, -0.15) is 0 Å². The minimum atomic E-state index is -1.15. The molecule has 0 heterocycles. The van der Waals surface area contributed by atoms with Crippen molar-refractivity contribution in [2.24, 2.45) is 0 Å². The summed E-state index contributed by atoms with van der Waals surface area (Å²) >= 11 is 6.17. The number of hydrogen-bond donors (Lipinski definition) is 1. The van der Waals surface area contributed by atoms with Gasteiger partial charge in [-0.25, -0.2) is 0 Å². The second-order valence-corrected chi connectivity index (χ2v) is 4.92. The molecule has 0 fully saturated rings. The summed E-state index contributed by atoms with van der Waals surface area (Å²) in [5.74, 6) is 0.743. The zero-order valence-electron chi connectivity index (χ0n) is 11.1. The molecule has 19 heavy (non-hydrogen) atoms. The summed E-state index contributed by atoms with van der Waals surface area (Å²) in [6, 6.07) is 14.8. The number of benzene rings is 2. The van der Waals surface area contributed by atoms with Crippen LogP contribution in [-0.4, -0.2) is 11.7 Å². The molecule has 0 spiro atoms. The molecule has 1 N–H and O–H groups in total. The highest BCUT2D eigenvalue weighted by Crippen LogP contribution is 2.34. The van der Waals surface area contributed by atoms with E-state index in [1.165, 1.54) is 0 Å². The molecule has 0 radical (unpaired) electrons. The predicted octanol–water partition coefficient (Wildman–Crippen LogP) is 3.99. The Balaban J connectivity index is 2.44. The third kappa shape index (κ3) is 2.91. The first-order valence-electron chi connectivity index (χ1n) is 6.26. The second-order valence-electron chi connectivity index (χ2n) is 4.51. The van der Waals surface area contributed by atoms with Gasteiger partial charge in [0.25, 0.3) is 0 Å². The van der Waals surface area contributed by atoms with Crippen LogP contribution in [0.3, 0.4) is 0 Å². The Morgan fingerprint density at radius 2 is 1.89 bits per heavy atom. The average Bonchev–Trinajstić information content (AvgIpc) is 2.40. The van der Waals surface area contributed by atoms with E-state index in [4.69, 9.17) is 16.3 Å². The smallest absolute Gasteiger partial charge is 0.119 e. The number of ether oxygens (including phenoxy) is 1. The van der Waals surface area contributed by atoms with Gasteiger partial charge in [-0.3, -0.25) is 0 Å².